The van der Waals surface area contributed by atoms with Gasteiger partial charge in [-0.2, -0.15) is 0 Å². The molecule has 19 heteroatoms. The first-order chi connectivity index (χ1) is 55.8. The standard InChI is InChI=1S/C95H169NO18/c1-3-5-7-9-11-13-15-17-19-21-23-25-27-29-31-33-35-36-37-38-39-40-41-42-43-45-47-49-51-53-55-57-59-61-63-65-67-69-71-73-83(101)96-78(79(100)72-70-68-66-64-62-60-58-56-54-52-50-48-46-44-34-32-30-28-26-24-22-20-18-16-14-12-10-8-6-4-2)77-109-93-89(107)86(104)91(81(75-98)111-93)114-95-90(108)87(105)92(82(76-99)112-95)113-94-88(106)85(103)84(102)80(74-97)110-94/h5,7,11,13,17,19,23,25,29,31,54,56,62,64,70,72,78-82,84-95,97-100,102-108H,3-4,6,8-10,12,14-16,18,20-22,24,26-28,30,32-53,55,57-61,63,65-69,71,73-77H2,1-2H3,(H,96,101)/b7-5-,13-11-,19-17-,25-23-,31-29-,56-54+,64-62+,72-70+. The van der Waals surface area contributed by atoms with E-state index in [2.05, 4.69) is 104 Å². The summed E-state index contributed by atoms with van der Waals surface area (Å²) in [6, 6.07) is -1.00. The van der Waals surface area contributed by atoms with Crippen LogP contribution in [0.15, 0.2) is 97.2 Å². The molecule has 0 spiro atoms. The fourth-order valence-electron chi connectivity index (χ4n) is 15.3. The number of hydrogen-bond acceptors (Lipinski definition) is 18. The van der Waals surface area contributed by atoms with Gasteiger partial charge in [-0.1, -0.05) is 368 Å². The van der Waals surface area contributed by atoms with Crippen LogP contribution >= 0.6 is 0 Å². The second-order valence-electron chi connectivity index (χ2n) is 32.7. The molecule has 0 aromatic carbocycles. The summed E-state index contributed by atoms with van der Waals surface area (Å²) < 4.78 is 34.5. The van der Waals surface area contributed by atoms with Crippen molar-refractivity contribution in [2.45, 2.75) is 471 Å². The van der Waals surface area contributed by atoms with Crippen molar-refractivity contribution < 1.29 is 89.4 Å². The van der Waals surface area contributed by atoms with Crippen LogP contribution in [-0.4, -0.2) is 193 Å². The van der Waals surface area contributed by atoms with E-state index in [1.54, 1.807) is 6.08 Å². The number of amides is 1. The van der Waals surface area contributed by atoms with Gasteiger partial charge in [-0.05, 0) is 89.9 Å². The van der Waals surface area contributed by atoms with Gasteiger partial charge in [-0.3, -0.25) is 4.79 Å². The summed E-state index contributed by atoms with van der Waals surface area (Å²) in [5, 5.41) is 121. The number of aliphatic hydroxyl groups is 11. The quantitative estimate of drug-likeness (QED) is 0.0199. The van der Waals surface area contributed by atoms with E-state index in [-0.39, 0.29) is 18.9 Å². The summed E-state index contributed by atoms with van der Waals surface area (Å²) in [5.74, 6) is -0.285. The molecule has 19 nitrogen and oxygen atoms in total. The zero-order valence-electron chi connectivity index (χ0n) is 71.5. The number of unbranched alkanes of at least 4 members (excludes halogenated alkanes) is 45. The highest BCUT2D eigenvalue weighted by molar-refractivity contribution is 5.76. The molecule has 114 heavy (non-hydrogen) atoms. The van der Waals surface area contributed by atoms with Gasteiger partial charge in [0, 0.05) is 6.42 Å². The van der Waals surface area contributed by atoms with E-state index in [1.165, 1.54) is 257 Å². The minimum Gasteiger partial charge on any atom is -0.394 e. The van der Waals surface area contributed by atoms with Gasteiger partial charge in [0.1, 0.15) is 73.2 Å². The van der Waals surface area contributed by atoms with E-state index in [4.69, 9.17) is 28.4 Å². The Kier molecular flexibility index (Phi) is 67.7. The van der Waals surface area contributed by atoms with Crippen molar-refractivity contribution in [1.82, 2.24) is 5.32 Å². The number of aliphatic hydroxyl groups excluding tert-OH is 11. The van der Waals surface area contributed by atoms with Gasteiger partial charge in [0.05, 0.1) is 38.6 Å². The highest BCUT2D eigenvalue weighted by Crippen LogP contribution is 2.34. The summed E-state index contributed by atoms with van der Waals surface area (Å²) in [7, 11) is 0. The lowest BCUT2D eigenvalue weighted by Crippen LogP contribution is -2.66. The molecule has 3 aliphatic rings. The van der Waals surface area contributed by atoms with E-state index < -0.39 is 124 Å². The molecule has 3 fully saturated rings. The molecule has 12 N–H and O–H groups in total. The minimum atomic E-state index is -1.99. The smallest absolute Gasteiger partial charge is 0.220 e. The number of carbonyl (C=O) groups is 1. The van der Waals surface area contributed by atoms with Gasteiger partial charge in [-0.25, -0.2) is 0 Å². The Morgan fingerprint density at radius 1 is 0.325 bits per heavy atom. The first kappa shape index (κ1) is 105. The zero-order chi connectivity index (χ0) is 82.4. The number of allylic oxidation sites excluding steroid dienone is 15. The summed E-state index contributed by atoms with van der Waals surface area (Å²) >= 11 is 0. The molecule has 0 saturated carbocycles. The van der Waals surface area contributed by atoms with E-state index in [1.807, 2.05) is 6.08 Å². The van der Waals surface area contributed by atoms with Crippen molar-refractivity contribution in [3.05, 3.63) is 97.2 Å². The summed E-state index contributed by atoms with van der Waals surface area (Å²) in [4.78, 5) is 13.5. The molecular formula is C95H169NO18. The van der Waals surface area contributed by atoms with Crippen LogP contribution in [0.1, 0.15) is 367 Å². The van der Waals surface area contributed by atoms with Crippen LogP contribution < -0.4 is 5.32 Å². The Bertz CT molecular complexity index is 2430. The maximum Gasteiger partial charge on any atom is 0.220 e. The molecule has 0 aromatic heterocycles. The number of ether oxygens (including phenoxy) is 6. The first-order valence-electron chi connectivity index (χ1n) is 46.5. The number of nitrogens with one attached hydrogen (secondary N) is 1. The molecular weight excluding hydrogens is 1440 g/mol. The molecule has 3 rings (SSSR count). The second-order valence-corrected chi connectivity index (χ2v) is 32.7. The van der Waals surface area contributed by atoms with Crippen LogP contribution in [0, 0.1) is 0 Å². The lowest BCUT2D eigenvalue weighted by molar-refractivity contribution is -0.379. The van der Waals surface area contributed by atoms with Crippen molar-refractivity contribution >= 4 is 5.91 Å². The van der Waals surface area contributed by atoms with Crippen molar-refractivity contribution in [3.63, 3.8) is 0 Å². The van der Waals surface area contributed by atoms with E-state index in [0.29, 0.717) is 12.8 Å². The molecule has 3 heterocycles. The van der Waals surface area contributed by atoms with Crippen LogP contribution in [0.5, 0.6) is 0 Å². The second kappa shape index (κ2) is 73.6. The third-order valence-corrected chi connectivity index (χ3v) is 22.6. The number of hydrogen-bond donors (Lipinski definition) is 12. The van der Waals surface area contributed by atoms with Crippen molar-refractivity contribution in [2.75, 3.05) is 26.4 Å². The van der Waals surface area contributed by atoms with Gasteiger partial charge in [0.25, 0.3) is 0 Å². The maximum absolute atomic E-state index is 13.5. The Hall–Kier alpha value is -3.29. The average molecular weight is 1610 g/mol. The van der Waals surface area contributed by atoms with Gasteiger partial charge >= 0.3 is 0 Å². The summed E-state index contributed by atoms with van der Waals surface area (Å²) in [6.45, 7) is 1.65. The average Bonchev–Trinajstić information content (AvgIpc) is 0.783. The minimum absolute atomic E-state index is 0.232. The van der Waals surface area contributed by atoms with Crippen molar-refractivity contribution in [2.24, 2.45) is 0 Å². The molecule has 1 amide bonds. The fraction of sp³-hybridized carbons (Fsp3) is 0.821. The van der Waals surface area contributed by atoms with Crippen LogP contribution in [0.2, 0.25) is 0 Å². The lowest BCUT2D eigenvalue weighted by Gasteiger charge is -2.48. The molecule has 3 aliphatic heterocycles. The highest BCUT2D eigenvalue weighted by atomic mass is 16.8. The fourth-order valence-corrected chi connectivity index (χ4v) is 15.3. The van der Waals surface area contributed by atoms with Crippen molar-refractivity contribution in [1.29, 1.82) is 0 Å². The Morgan fingerprint density at radius 3 is 0.982 bits per heavy atom. The van der Waals surface area contributed by atoms with Crippen molar-refractivity contribution in [3.8, 4) is 0 Å². The summed E-state index contributed by atoms with van der Waals surface area (Å²) in [5.41, 5.74) is 0. The lowest BCUT2D eigenvalue weighted by atomic mass is 9.96. The van der Waals surface area contributed by atoms with Gasteiger partial charge < -0.3 is 89.9 Å². The molecule has 0 aromatic rings. The molecule has 662 valence electrons. The molecule has 0 radical (unpaired) electrons. The Labute approximate surface area is 692 Å². The van der Waals surface area contributed by atoms with E-state index in [9.17, 15) is 61.0 Å². The van der Waals surface area contributed by atoms with Crippen LogP contribution in [0.4, 0.5) is 0 Å². The third-order valence-electron chi connectivity index (χ3n) is 22.6. The molecule has 17 atom stereocenters. The summed E-state index contributed by atoms with van der Waals surface area (Å²) in [6.07, 6.45) is 75.7. The molecule has 0 bridgehead atoms. The molecule has 3 saturated heterocycles. The van der Waals surface area contributed by atoms with E-state index >= 15 is 0 Å². The third kappa shape index (κ3) is 51.4. The van der Waals surface area contributed by atoms with Gasteiger partial charge in [0.15, 0.2) is 18.9 Å². The number of rotatable bonds is 75. The topological polar surface area (TPSA) is 307 Å². The predicted octanol–water partition coefficient (Wildman–Crippen LogP) is 18.2. The molecule has 17 unspecified atom stereocenters. The predicted molar refractivity (Wildman–Crippen MR) is 461 cm³/mol. The maximum atomic E-state index is 13.5. The highest BCUT2D eigenvalue weighted by Gasteiger charge is 2.54. The van der Waals surface area contributed by atoms with Crippen LogP contribution in [0.25, 0.3) is 0 Å². The van der Waals surface area contributed by atoms with E-state index in [0.717, 1.165) is 77.0 Å². The van der Waals surface area contributed by atoms with Gasteiger partial charge in [-0.15, -0.1) is 0 Å². The van der Waals surface area contributed by atoms with Crippen LogP contribution in [0.3, 0.4) is 0 Å². The van der Waals surface area contributed by atoms with Crippen LogP contribution in [-0.2, 0) is 33.2 Å². The SMILES string of the molecule is CC/C=C\C/C=C\C/C=C\C/C=C\C/C=C\CCCCCCCCCCCCCCCCCCCCCCCCCC(=O)NC(COC1OC(CO)C(OC2OC(CO)C(OC3OC(CO)C(O)C(O)C3O)C(O)C2O)C(O)C1O)C(O)/C=C/CC/C=C/CC/C=C/CCCCCCCCCCCCCCCCCCCCCC. The monoisotopic (exact) mass is 1610 g/mol. The Balaban J connectivity index is 1.32. The normalized spacial score (nSPS) is 25.1. The number of carbonyl (C=O) groups excluding carboxylic acids is 1. The zero-order valence-corrected chi connectivity index (χ0v) is 71.5. The molecule has 0 aliphatic carbocycles. The largest absolute Gasteiger partial charge is 0.394 e. The first-order valence-corrected chi connectivity index (χ1v) is 46.5. The van der Waals surface area contributed by atoms with Gasteiger partial charge in [0.2, 0.25) is 5.91 Å². The Morgan fingerprint density at radius 2 is 0.614 bits per heavy atom.